The summed E-state index contributed by atoms with van der Waals surface area (Å²) in [7, 11) is 0. The van der Waals surface area contributed by atoms with Crippen LogP contribution in [0.3, 0.4) is 0 Å². The fourth-order valence-corrected chi connectivity index (χ4v) is 2.69. The Labute approximate surface area is 123 Å². The first kappa shape index (κ1) is 13.9. The van der Waals surface area contributed by atoms with Crippen molar-refractivity contribution < 1.29 is 0 Å². The zero-order chi connectivity index (χ0) is 13.8. The zero-order valence-corrected chi connectivity index (χ0v) is 12.0. The Hall–Kier alpha value is -1.49. The van der Waals surface area contributed by atoms with Crippen molar-refractivity contribution in [2.45, 2.75) is 19.3 Å². The number of aryl methyl sites for hydroxylation is 1. The molecule has 0 amide bonds. The highest BCUT2D eigenvalue weighted by molar-refractivity contribution is 6.36. The van der Waals surface area contributed by atoms with Crippen molar-refractivity contribution in [3.05, 3.63) is 69.2 Å². The maximum atomic E-state index is 9.41. The van der Waals surface area contributed by atoms with Crippen LogP contribution >= 0.6 is 23.2 Å². The Morgan fingerprint density at radius 1 is 1.05 bits per heavy atom. The Morgan fingerprint density at radius 3 is 2.26 bits per heavy atom. The van der Waals surface area contributed by atoms with E-state index in [1.165, 1.54) is 0 Å². The molecule has 0 saturated heterocycles. The number of hydrogen-bond donors (Lipinski definition) is 0. The monoisotopic (exact) mass is 289 g/mol. The van der Waals surface area contributed by atoms with Gasteiger partial charge in [-0.3, -0.25) is 0 Å². The molecule has 0 heterocycles. The molecular weight excluding hydrogens is 277 g/mol. The first-order chi connectivity index (χ1) is 9.13. The summed E-state index contributed by atoms with van der Waals surface area (Å²) in [5.74, 6) is -0.237. The molecule has 2 aromatic rings. The van der Waals surface area contributed by atoms with E-state index in [0.29, 0.717) is 16.5 Å². The summed E-state index contributed by atoms with van der Waals surface area (Å²) in [5.41, 5.74) is 2.97. The van der Waals surface area contributed by atoms with Crippen LogP contribution in [-0.4, -0.2) is 0 Å². The first-order valence-corrected chi connectivity index (χ1v) is 6.77. The molecule has 1 nitrogen and oxygen atoms in total. The molecule has 3 heteroatoms. The molecule has 0 aromatic heterocycles. The Kier molecular flexibility index (Phi) is 4.47. The summed E-state index contributed by atoms with van der Waals surface area (Å²) in [4.78, 5) is 0. The van der Waals surface area contributed by atoms with E-state index in [4.69, 9.17) is 23.2 Å². The van der Waals surface area contributed by atoms with Gasteiger partial charge in [-0.15, -0.1) is 0 Å². The van der Waals surface area contributed by atoms with Gasteiger partial charge in [0.05, 0.1) is 12.0 Å². The highest BCUT2D eigenvalue weighted by atomic mass is 35.5. The SMILES string of the molecule is Cc1ccccc1[C@H](C#N)Cc1c(Cl)cccc1Cl. The van der Waals surface area contributed by atoms with E-state index in [-0.39, 0.29) is 5.92 Å². The topological polar surface area (TPSA) is 23.8 Å². The van der Waals surface area contributed by atoms with E-state index >= 15 is 0 Å². The van der Waals surface area contributed by atoms with Crippen molar-refractivity contribution in [3.63, 3.8) is 0 Å². The van der Waals surface area contributed by atoms with Gasteiger partial charge in [0.15, 0.2) is 0 Å². The van der Waals surface area contributed by atoms with Gasteiger partial charge in [-0.05, 0) is 42.2 Å². The zero-order valence-electron chi connectivity index (χ0n) is 10.5. The summed E-state index contributed by atoms with van der Waals surface area (Å²) < 4.78 is 0. The van der Waals surface area contributed by atoms with Crippen LogP contribution in [0.4, 0.5) is 0 Å². The van der Waals surface area contributed by atoms with E-state index in [1.54, 1.807) is 12.1 Å². The second kappa shape index (κ2) is 6.10. The van der Waals surface area contributed by atoms with Crippen LogP contribution in [0.25, 0.3) is 0 Å². The van der Waals surface area contributed by atoms with Gasteiger partial charge in [-0.25, -0.2) is 0 Å². The molecule has 0 N–H and O–H groups in total. The molecule has 2 aromatic carbocycles. The average Bonchev–Trinajstić information content (AvgIpc) is 2.40. The molecular formula is C16H13Cl2N. The molecule has 0 fully saturated rings. The quantitative estimate of drug-likeness (QED) is 0.766. The summed E-state index contributed by atoms with van der Waals surface area (Å²) in [6.45, 7) is 2.01. The van der Waals surface area contributed by atoms with Crippen molar-refractivity contribution in [2.24, 2.45) is 0 Å². The van der Waals surface area contributed by atoms with Gasteiger partial charge in [-0.2, -0.15) is 5.26 Å². The van der Waals surface area contributed by atoms with Gasteiger partial charge < -0.3 is 0 Å². The van der Waals surface area contributed by atoms with Crippen molar-refractivity contribution in [3.8, 4) is 6.07 Å². The fraction of sp³-hybridized carbons (Fsp3) is 0.188. The van der Waals surface area contributed by atoms with Gasteiger partial charge in [0.2, 0.25) is 0 Å². The molecule has 0 saturated carbocycles. The third kappa shape index (κ3) is 3.10. The second-order valence-electron chi connectivity index (χ2n) is 4.44. The molecule has 0 aliphatic carbocycles. The summed E-state index contributed by atoms with van der Waals surface area (Å²) in [6, 6.07) is 15.7. The van der Waals surface area contributed by atoms with Crippen LogP contribution in [0.15, 0.2) is 42.5 Å². The molecule has 19 heavy (non-hydrogen) atoms. The van der Waals surface area contributed by atoms with Crippen LogP contribution < -0.4 is 0 Å². The molecule has 0 radical (unpaired) electrons. The summed E-state index contributed by atoms with van der Waals surface area (Å²) >= 11 is 12.3. The van der Waals surface area contributed by atoms with E-state index in [9.17, 15) is 5.26 Å². The lowest BCUT2D eigenvalue weighted by molar-refractivity contribution is 0.841. The van der Waals surface area contributed by atoms with Gasteiger partial charge in [0.25, 0.3) is 0 Å². The maximum Gasteiger partial charge on any atom is 0.0756 e. The normalized spacial score (nSPS) is 11.9. The van der Waals surface area contributed by atoms with Crippen LogP contribution in [-0.2, 0) is 6.42 Å². The third-order valence-corrected chi connectivity index (χ3v) is 3.90. The van der Waals surface area contributed by atoms with E-state index in [2.05, 4.69) is 6.07 Å². The summed E-state index contributed by atoms with van der Waals surface area (Å²) in [6.07, 6.45) is 0.528. The number of rotatable bonds is 3. The van der Waals surface area contributed by atoms with Gasteiger partial charge in [0, 0.05) is 10.0 Å². The second-order valence-corrected chi connectivity index (χ2v) is 5.26. The molecule has 0 aliphatic heterocycles. The van der Waals surface area contributed by atoms with Crippen LogP contribution in [0.1, 0.15) is 22.6 Å². The fourth-order valence-electron chi connectivity index (χ4n) is 2.13. The van der Waals surface area contributed by atoms with Gasteiger partial charge in [-0.1, -0.05) is 53.5 Å². The largest absolute Gasteiger partial charge is 0.198 e. The molecule has 1 atom stereocenters. The predicted octanol–water partition coefficient (Wildman–Crippen LogP) is 5.15. The lowest BCUT2D eigenvalue weighted by Gasteiger charge is -2.14. The van der Waals surface area contributed by atoms with E-state index in [0.717, 1.165) is 16.7 Å². The lowest BCUT2D eigenvalue weighted by Crippen LogP contribution is -2.03. The minimum atomic E-state index is -0.237. The Balaban J connectivity index is 2.36. The van der Waals surface area contributed by atoms with Crippen molar-refractivity contribution >= 4 is 23.2 Å². The first-order valence-electron chi connectivity index (χ1n) is 6.01. The maximum absolute atomic E-state index is 9.41. The van der Waals surface area contributed by atoms with Crippen LogP contribution in [0.5, 0.6) is 0 Å². The molecule has 0 spiro atoms. The minimum Gasteiger partial charge on any atom is -0.198 e. The molecule has 0 unspecified atom stereocenters. The van der Waals surface area contributed by atoms with E-state index in [1.807, 2.05) is 37.3 Å². The van der Waals surface area contributed by atoms with Crippen molar-refractivity contribution in [2.75, 3.05) is 0 Å². The highest BCUT2D eigenvalue weighted by Crippen LogP contribution is 2.31. The van der Waals surface area contributed by atoms with Gasteiger partial charge in [0.1, 0.15) is 0 Å². The standard InChI is InChI=1S/C16H13Cl2N/c1-11-5-2-3-6-13(11)12(10-19)9-14-15(17)7-4-8-16(14)18/h2-8,12H,9H2,1H3/t12-/m0/s1. The Morgan fingerprint density at radius 2 is 1.68 bits per heavy atom. The Bertz CT molecular complexity index is 609. The molecule has 96 valence electrons. The number of halogens is 2. The van der Waals surface area contributed by atoms with Crippen molar-refractivity contribution in [1.29, 1.82) is 5.26 Å². The smallest absolute Gasteiger partial charge is 0.0756 e. The predicted molar refractivity (Wildman–Crippen MR) is 79.7 cm³/mol. The lowest BCUT2D eigenvalue weighted by atomic mass is 9.90. The van der Waals surface area contributed by atoms with E-state index < -0.39 is 0 Å². The molecule has 0 aliphatic rings. The molecule has 0 bridgehead atoms. The van der Waals surface area contributed by atoms with Crippen molar-refractivity contribution in [1.82, 2.24) is 0 Å². The number of benzene rings is 2. The highest BCUT2D eigenvalue weighted by Gasteiger charge is 2.17. The number of nitrogens with zero attached hydrogens (tertiary/aromatic N) is 1. The third-order valence-electron chi connectivity index (χ3n) is 3.19. The summed E-state index contributed by atoms with van der Waals surface area (Å²) in [5, 5.41) is 10.6. The number of hydrogen-bond acceptors (Lipinski definition) is 1. The molecule has 2 rings (SSSR count). The average molecular weight is 290 g/mol. The minimum absolute atomic E-state index is 0.237. The number of nitriles is 1. The van der Waals surface area contributed by atoms with Gasteiger partial charge >= 0.3 is 0 Å². The van der Waals surface area contributed by atoms with Crippen LogP contribution in [0.2, 0.25) is 10.0 Å². The van der Waals surface area contributed by atoms with Crippen LogP contribution in [0, 0.1) is 18.3 Å².